The number of piperidine rings is 1. The van der Waals surface area contributed by atoms with Crippen LogP contribution in [0.2, 0.25) is 0 Å². The van der Waals surface area contributed by atoms with Crippen molar-refractivity contribution in [2.45, 2.75) is 39.2 Å². The second-order valence-corrected chi connectivity index (χ2v) is 7.75. The predicted octanol–water partition coefficient (Wildman–Crippen LogP) is 3.93. The van der Waals surface area contributed by atoms with Gasteiger partial charge in [-0.2, -0.15) is 4.98 Å². The summed E-state index contributed by atoms with van der Waals surface area (Å²) in [6.07, 6.45) is 5.23. The van der Waals surface area contributed by atoms with E-state index in [1.165, 1.54) is 0 Å². The standard InChI is InChI=1S/C23H28N4O3/c1-2-12-29-19-8-3-6-17(13-19)15-25-21(28)14-18-7-5-11-27(16-18)23-26-22-20(30-23)9-4-10-24-22/h3-4,6,8-10,13,18H,2,5,7,11-12,14-16H2,1H3,(H,25,28). The Balaban J connectivity index is 1.29. The van der Waals surface area contributed by atoms with Crippen molar-refractivity contribution in [3.8, 4) is 5.75 Å². The molecule has 3 aromatic rings. The van der Waals surface area contributed by atoms with E-state index in [1.807, 2.05) is 36.4 Å². The molecule has 0 spiro atoms. The molecule has 0 saturated carbocycles. The summed E-state index contributed by atoms with van der Waals surface area (Å²) in [6, 6.07) is 12.2. The van der Waals surface area contributed by atoms with Crippen molar-refractivity contribution >= 4 is 23.2 Å². The minimum absolute atomic E-state index is 0.0703. The van der Waals surface area contributed by atoms with Crippen LogP contribution in [0.25, 0.3) is 11.2 Å². The van der Waals surface area contributed by atoms with Crippen LogP contribution in [0.3, 0.4) is 0 Å². The fourth-order valence-electron chi connectivity index (χ4n) is 3.80. The van der Waals surface area contributed by atoms with E-state index in [1.54, 1.807) is 6.20 Å². The number of anilines is 1. The summed E-state index contributed by atoms with van der Waals surface area (Å²) < 4.78 is 11.5. The van der Waals surface area contributed by atoms with Gasteiger partial charge < -0.3 is 19.4 Å². The summed E-state index contributed by atoms with van der Waals surface area (Å²) >= 11 is 0. The zero-order chi connectivity index (χ0) is 20.8. The smallest absolute Gasteiger partial charge is 0.299 e. The molecule has 3 heterocycles. The van der Waals surface area contributed by atoms with Crippen molar-refractivity contribution in [1.29, 1.82) is 0 Å². The van der Waals surface area contributed by atoms with Crippen LogP contribution in [0.1, 0.15) is 38.2 Å². The average Bonchev–Trinajstić information content (AvgIpc) is 3.21. The maximum absolute atomic E-state index is 12.5. The van der Waals surface area contributed by atoms with E-state index in [0.29, 0.717) is 36.8 Å². The summed E-state index contributed by atoms with van der Waals surface area (Å²) in [6.45, 7) is 4.94. The fraction of sp³-hybridized carbons (Fsp3) is 0.435. The van der Waals surface area contributed by atoms with Gasteiger partial charge in [0, 0.05) is 32.3 Å². The van der Waals surface area contributed by atoms with Gasteiger partial charge >= 0.3 is 0 Å². The van der Waals surface area contributed by atoms with Crippen molar-refractivity contribution in [2.24, 2.45) is 5.92 Å². The van der Waals surface area contributed by atoms with Gasteiger partial charge in [0.05, 0.1) is 6.61 Å². The number of fused-ring (bicyclic) bond motifs is 1. The first kappa shape index (κ1) is 20.2. The lowest BCUT2D eigenvalue weighted by molar-refractivity contribution is -0.122. The lowest BCUT2D eigenvalue weighted by atomic mass is 9.94. The normalized spacial score (nSPS) is 16.6. The molecule has 7 heteroatoms. The van der Waals surface area contributed by atoms with Crippen molar-refractivity contribution in [3.05, 3.63) is 48.2 Å². The summed E-state index contributed by atoms with van der Waals surface area (Å²) in [7, 11) is 0. The minimum atomic E-state index is 0.0703. The monoisotopic (exact) mass is 408 g/mol. The largest absolute Gasteiger partial charge is 0.494 e. The third-order valence-corrected chi connectivity index (χ3v) is 5.28. The molecule has 2 aromatic heterocycles. The second kappa shape index (κ2) is 9.61. The maximum atomic E-state index is 12.5. The molecular formula is C23H28N4O3. The summed E-state index contributed by atoms with van der Waals surface area (Å²) in [5, 5.41) is 3.04. The molecule has 0 bridgehead atoms. The number of aromatic nitrogens is 2. The van der Waals surface area contributed by atoms with Crippen LogP contribution in [0.5, 0.6) is 5.75 Å². The Hall–Kier alpha value is -3.09. The molecule has 0 aliphatic carbocycles. The molecule has 1 saturated heterocycles. The quantitative estimate of drug-likeness (QED) is 0.608. The Morgan fingerprint density at radius 2 is 2.27 bits per heavy atom. The van der Waals surface area contributed by atoms with Gasteiger partial charge in [-0.05, 0) is 55.0 Å². The van der Waals surface area contributed by atoms with Crippen LogP contribution in [0.4, 0.5) is 6.01 Å². The van der Waals surface area contributed by atoms with E-state index in [-0.39, 0.29) is 11.8 Å². The molecule has 1 aliphatic heterocycles. The number of benzene rings is 1. The van der Waals surface area contributed by atoms with Crippen molar-refractivity contribution in [3.63, 3.8) is 0 Å². The van der Waals surface area contributed by atoms with Crippen molar-refractivity contribution in [1.82, 2.24) is 15.3 Å². The lowest BCUT2D eigenvalue weighted by Crippen LogP contribution is -2.38. The predicted molar refractivity (Wildman–Crippen MR) is 115 cm³/mol. The molecule has 0 radical (unpaired) electrons. The van der Waals surface area contributed by atoms with E-state index in [9.17, 15) is 4.79 Å². The van der Waals surface area contributed by atoms with Crippen LogP contribution < -0.4 is 15.0 Å². The van der Waals surface area contributed by atoms with Gasteiger partial charge in [-0.3, -0.25) is 4.79 Å². The Morgan fingerprint density at radius 1 is 1.33 bits per heavy atom. The van der Waals surface area contributed by atoms with E-state index < -0.39 is 0 Å². The van der Waals surface area contributed by atoms with Gasteiger partial charge in [-0.15, -0.1) is 0 Å². The summed E-state index contributed by atoms with van der Waals surface area (Å²) in [5.41, 5.74) is 2.36. The van der Waals surface area contributed by atoms with Gasteiger partial charge in [-0.1, -0.05) is 19.1 Å². The molecule has 1 amide bonds. The van der Waals surface area contributed by atoms with E-state index in [0.717, 1.165) is 43.7 Å². The Morgan fingerprint density at radius 3 is 3.13 bits per heavy atom. The molecule has 1 aliphatic rings. The van der Waals surface area contributed by atoms with Crippen LogP contribution in [0, 0.1) is 5.92 Å². The van der Waals surface area contributed by atoms with Gasteiger partial charge in [0.2, 0.25) is 11.6 Å². The van der Waals surface area contributed by atoms with Crippen molar-refractivity contribution < 1.29 is 13.9 Å². The number of nitrogens with zero attached hydrogens (tertiary/aromatic N) is 3. The molecule has 158 valence electrons. The highest BCUT2D eigenvalue weighted by Crippen LogP contribution is 2.27. The molecule has 1 N–H and O–H groups in total. The number of ether oxygens (including phenoxy) is 1. The van der Waals surface area contributed by atoms with Crippen LogP contribution in [0.15, 0.2) is 47.0 Å². The number of nitrogens with one attached hydrogen (secondary N) is 1. The lowest BCUT2D eigenvalue weighted by Gasteiger charge is -2.31. The van der Waals surface area contributed by atoms with E-state index >= 15 is 0 Å². The van der Waals surface area contributed by atoms with E-state index in [4.69, 9.17) is 9.15 Å². The Labute approximate surface area is 176 Å². The van der Waals surface area contributed by atoms with E-state index in [2.05, 4.69) is 27.1 Å². The highest BCUT2D eigenvalue weighted by molar-refractivity contribution is 5.76. The number of oxazole rings is 1. The fourth-order valence-corrected chi connectivity index (χ4v) is 3.80. The molecule has 1 fully saturated rings. The first-order valence-electron chi connectivity index (χ1n) is 10.7. The average molecular weight is 409 g/mol. The molecular weight excluding hydrogens is 380 g/mol. The first-order chi connectivity index (χ1) is 14.7. The Bertz CT molecular complexity index is 954. The Kier molecular flexibility index (Phi) is 6.47. The maximum Gasteiger partial charge on any atom is 0.299 e. The third-order valence-electron chi connectivity index (χ3n) is 5.28. The van der Waals surface area contributed by atoms with Gasteiger partial charge in [-0.25, -0.2) is 4.98 Å². The number of pyridine rings is 1. The topological polar surface area (TPSA) is 80.5 Å². The third kappa shape index (κ3) is 5.09. The van der Waals surface area contributed by atoms with Crippen molar-refractivity contribution in [2.75, 3.05) is 24.6 Å². The van der Waals surface area contributed by atoms with Crippen LogP contribution in [-0.4, -0.2) is 35.6 Å². The van der Waals surface area contributed by atoms with Gasteiger partial charge in [0.15, 0.2) is 5.58 Å². The number of rotatable bonds is 8. The van der Waals surface area contributed by atoms with Crippen LogP contribution >= 0.6 is 0 Å². The summed E-state index contributed by atoms with van der Waals surface area (Å²) in [4.78, 5) is 23.4. The number of hydrogen-bond acceptors (Lipinski definition) is 6. The molecule has 1 aromatic carbocycles. The van der Waals surface area contributed by atoms with Crippen LogP contribution in [-0.2, 0) is 11.3 Å². The molecule has 4 rings (SSSR count). The SMILES string of the molecule is CCCOc1cccc(CNC(=O)CC2CCCN(c3nc4ncccc4o3)C2)c1. The van der Waals surface area contributed by atoms with Gasteiger partial charge in [0.25, 0.3) is 6.01 Å². The molecule has 30 heavy (non-hydrogen) atoms. The number of hydrogen-bond donors (Lipinski definition) is 1. The molecule has 7 nitrogen and oxygen atoms in total. The zero-order valence-corrected chi connectivity index (χ0v) is 17.3. The van der Waals surface area contributed by atoms with Gasteiger partial charge in [0.1, 0.15) is 5.75 Å². The first-order valence-corrected chi connectivity index (χ1v) is 10.7. The highest BCUT2D eigenvalue weighted by Gasteiger charge is 2.25. The minimum Gasteiger partial charge on any atom is -0.494 e. The second-order valence-electron chi connectivity index (χ2n) is 7.75. The highest BCUT2D eigenvalue weighted by atomic mass is 16.5. The summed E-state index contributed by atoms with van der Waals surface area (Å²) in [5.74, 6) is 1.20. The number of carbonyl (C=O) groups is 1. The number of carbonyl (C=O) groups excluding carboxylic acids is 1. The molecule has 1 atom stereocenters. The molecule has 1 unspecified atom stereocenters. The number of amides is 1. The zero-order valence-electron chi connectivity index (χ0n) is 17.3.